The van der Waals surface area contributed by atoms with Gasteiger partial charge in [-0.05, 0) is 30.4 Å². The monoisotopic (exact) mass is 213 g/mol. The van der Waals surface area contributed by atoms with Crippen molar-refractivity contribution in [1.29, 1.82) is 0 Å². The number of hydrogen-bond acceptors (Lipinski definition) is 1. The number of halogens is 2. The van der Waals surface area contributed by atoms with Crippen molar-refractivity contribution in [2.24, 2.45) is 11.7 Å². The van der Waals surface area contributed by atoms with Gasteiger partial charge in [-0.25, -0.2) is 4.39 Å². The Kier molecular flexibility index (Phi) is 2.75. The molecule has 0 bridgehead atoms. The van der Waals surface area contributed by atoms with Crippen molar-refractivity contribution in [2.75, 3.05) is 0 Å². The Labute approximate surface area is 88.1 Å². The smallest absolute Gasteiger partial charge is 0.142 e. The van der Waals surface area contributed by atoms with Crippen LogP contribution in [0.5, 0.6) is 0 Å². The summed E-state index contributed by atoms with van der Waals surface area (Å²) in [5, 5.41) is 0.187. The summed E-state index contributed by atoms with van der Waals surface area (Å²) >= 11 is 5.86. The molecule has 0 radical (unpaired) electrons. The van der Waals surface area contributed by atoms with Gasteiger partial charge in [0.1, 0.15) is 5.82 Å². The van der Waals surface area contributed by atoms with Crippen LogP contribution in [-0.2, 0) is 0 Å². The van der Waals surface area contributed by atoms with Crippen LogP contribution >= 0.6 is 11.6 Å². The maximum Gasteiger partial charge on any atom is 0.142 e. The van der Waals surface area contributed by atoms with Crippen LogP contribution in [0.2, 0.25) is 5.02 Å². The van der Waals surface area contributed by atoms with E-state index in [1.807, 2.05) is 6.07 Å². The first-order valence-corrected chi connectivity index (χ1v) is 5.27. The molecule has 1 aromatic carbocycles. The molecule has 0 spiro atoms. The first-order chi connectivity index (χ1) is 6.70. The quantitative estimate of drug-likeness (QED) is 0.802. The number of hydrogen-bond donors (Lipinski definition) is 1. The molecular weight excluding hydrogens is 201 g/mol. The molecule has 1 fully saturated rings. The van der Waals surface area contributed by atoms with E-state index in [1.54, 1.807) is 6.07 Å². The van der Waals surface area contributed by atoms with Crippen molar-refractivity contribution in [3.8, 4) is 0 Å². The Morgan fingerprint density at radius 1 is 1.43 bits per heavy atom. The van der Waals surface area contributed by atoms with E-state index in [1.165, 1.54) is 12.5 Å². The summed E-state index contributed by atoms with van der Waals surface area (Å²) in [7, 11) is 0. The van der Waals surface area contributed by atoms with Crippen molar-refractivity contribution in [3.63, 3.8) is 0 Å². The fourth-order valence-corrected chi connectivity index (χ4v) is 2.08. The minimum absolute atomic E-state index is 0.105. The largest absolute Gasteiger partial charge is 0.324 e. The molecule has 2 N–H and O–H groups in total. The molecule has 1 aromatic rings. The average Bonchev–Trinajstić information content (AvgIpc) is 2.06. The maximum atomic E-state index is 13.1. The van der Waals surface area contributed by atoms with Gasteiger partial charge >= 0.3 is 0 Å². The second-order valence-electron chi connectivity index (χ2n) is 3.86. The Hall–Kier alpha value is -0.600. The zero-order valence-electron chi connectivity index (χ0n) is 7.84. The molecule has 0 aromatic heterocycles. The van der Waals surface area contributed by atoms with Crippen molar-refractivity contribution in [2.45, 2.75) is 25.3 Å². The Morgan fingerprint density at radius 3 is 2.71 bits per heavy atom. The molecule has 0 heterocycles. The second-order valence-corrected chi connectivity index (χ2v) is 4.24. The lowest BCUT2D eigenvalue weighted by Crippen LogP contribution is -2.27. The predicted octanol–water partition coefficient (Wildman–Crippen LogP) is 3.28. The molecule has 0 aliphatic heterocycles. The van der Waals surface area contributed by atoms with Crippen LogP contribution in [0.4, 0.5) is 4.39 Å². The van der Waals surface area contributed by atoms with Gasteiger partial charge in [-0.15, -0.1) is 0 Å². The Balaban J connectivity index is 2.26. The first kappa shape index (κ1) is 9.94. The van der Waals surface area contributed by atoms with Gasteiger partial charge in [-0.1, -0.05) is 30.2 Å². The number of nitrogens with two attached hydrogens (primary N) is 1. The molecule has 3 heteroatoms. The summed E-state index contributed by atoms with van der Waals surface area (Å²) in [4.78, 5) is 0. The number of benzene rings is 1. The topological polar surface area (TPSA) is 26.0 Å². The third kappa shape index (κ3) is 1.64. The molecule has 76 valence electrons. The van der Waals surface area contributed by atoms with Gasteiger partial charge in [0.05, 0.1) is 5.02 Å². The molecule has 1 saturated carbocycles. The van der Waals surface area contributed by atoms with Crippen LogP contribution < -0.4 is 5.73 Å². The van der Waals surface area contributed by atoms with Crippen LogP contribution in [0.3, 0.4) is 0 Å². The Morgan fingerprint density at radius 2 is 2.14 bits per heavy atom. The summed E-state index contributed by atoms with van der Waals surface area (Å²) in [6.07, 6.45) is 3.49. The van der Waals surface area contributed by atoms with Gasteiger partial charge in [-0.3, -0.25) is 0 Å². The molecule has 2 rings (SSSR count). The lowest BCUT2D eigenvalue weighted by molar-refractivity contribution is 0.264. The van der Waals surface area contributed by atoms with Crippen LogP contribution in [0, 0.1) is 11.7 Å². The van der Waals surface area contributed by atoms with Gasteiger partial charge in [0.15, 0.2) is 0 Å². The van der Waals surface area contributed by atoms with Gasteiger partial charge in [0, 0.05) is 6.04 Å². The molecular formula is C11H13ClFN. The van der Waals surface area contributed by atoms with Crippen molar-refractivity contribution >= 4 is 11.6 Å². The summed E-state index contributed by atoms with van der Waals surface area (Å²) in [5.41, 5.74) is 6.77. The fourth-order valence-electron chi connectivity index (χ4n) is 1.83. The van der Waals surface area contributed by atoms with E-state index in [2.05, 4.69) is 0 Å². The van der Waals surface area contributed by atoms with E-state index < -0.39 is 0 Å². The van der Waals surface area contributed by atoms with Crippen LogP contribution in [0.1, 0.15) is 30.9 Å². The fraction of sp³-hybridized carbons (Fsp3) is 0.455. The third-order valence-electron chi connectivity index (χ3n) is 3.00. The standard InChI is InChI=1S/C11H13ClFN/c12-10-8(5-2-6-9(10)13)11(14)7-3-1-4-7/h2,5-7,11H,1,3-4,14H2. The highest BCUT2D eigenvalue weighted by molar-refractivity contribution is 6.31. The Bertz CT molecular complexity index is 336. The average molecular weight is 214 g/mol. The molecule has 1 unspecified atom stereocenters. The maximum absolute atomic E-state index is 13.1. The highest BCUT2D eigenvalue weighted by atomic mass is 35.5. The number of rotatable bonds is 2. The van der Waals surface area contributed by atoms with Crippen LogP contribution in [0.15, 0.2) is 18.2 Å². The second kappa shape index (κ2) is 3.87. The van der Waals surface area contributed by atoms with E-state index in [-0.39, 0.29) is 16.9 Å². The molecule has 1 aliphatic carbocycles. The predicted molar refractivity (Wildman–Crippen MR) is 55.7 cm³/mol. The zero-order valence-corrected chi connectivity index (χ0v) is 8.60. The third-order valence-corrected chi connectivity index (χ3v) is 3.40. The molecule has 1 nitrogen and oxygen atoms in total. The summed E-state index contributed by atoms with van der Waals surface area (Å²) < 4.78 is 13.1. The van der Waals surface area contributed by atoms with Crippen molar-refractivity contribution in [1.82, 2.24) is 0 Å². The van der Waals surface area contributed by atoms with Gasteiger partial charge in [0.25, 0.3) is 0 Å². The van der Waals surface area contributed by atoms with E-state index in [4.69, 9.17) is 17.3 Å². The van der Waals surface area contributed by atoms with E-state index in [0.29, 0.717) is 5.92 Å². The minimum atomic E-state index is -0.376. The molecule has 0 saturated heterocycles. The van der Waals surface area contributed by atoms with Crippen LogP contribution in [-0.4, -0.2) is 0 Å². The summed E-state index contributed by atoms with van der Waals surface area (Å²) in [5.74, 6) is 0.105. The highest BCUT2D eigenvalue weighted by Crippen LogP contribution is 2.38. The SMILES string of the molecule is NC(c1cccc(F)c1Cl)C1CCC1. The lowest BCUT2D eigenvalue weighted by atomic mass is 9.77. The zero-order chi connectivity index (χ0) is 10.1. The highest BCUT2D eigenvalue weighted by Gasteiger charge is 2.27. The van der Waals surface area contributed by atoms with E-state index >= 15 is 0 Å². The molecule has 0 amide bonds. The van der Waals surface area contributed by atoms with Gasteiger partial charge in [0.2, 0.25) is 0 Å². The van der Waals surface area contributed by atoms with Crippen molar-refractivity contribution in [3.05, 3.63) is 34.6 Å². The van der Waals surface area contributed by atoms with Gasteiger partial charge < -0.3 is 5.73 Å². The normalized spacial score (nSPS) is 19.1. The molecule has 14 heavy (non-hydrogen) atoms. The summed E-state index contributed by atoms with van der Waals surface area (Å²) in [6, 6.07) is 4.73. The minimum Gasteiger partial charge on any atom is -0.324 e. The lowest BCUT2D eigenvalue weighted by Gasteiger charge is -2.31. The van der Waals surface area contributed by atoms with Crippen molar-refractivity contribution < 1.29 is 4.39 Å². The van der Waals surface area contributed by atoms with Gasteiger partial charge in [-0.2, -0.15) is 0 Å². The molecule has 1 aliphatic rings. The van der Waals surface area contributed by atoms with Crippen LogP contribution in [0.25, 0.3) is 0 Å². The summed E-state index contributed by atoms with van der Waals surface area (Å²) in [6.45, 7) is 0. The van der Waals surface area contributed by atoms with E-state index in [9.17, 15) is 4.39 Å². The van der Waals surface area contributed by atoms with E-state index in [0.717, 1.165) is 18.4 Å². The molecule has 1 atom stereocenters. The first-order valence-electron chi connectivity index (χ1n) is 4.89.